The number of fused-ring (bicyclic) bond motifs is 1. The number of nitrogens with zero attached hydrogens (tertiary/aromatic N) is 1. The zero-order valence-corrected chi connectivity index (χ0v) is 27.5. The Labute approximate surface area is 264 Å². The van der Waals surface area contributed by atoms with Gasteiger partial charge in [0.25, 0.3) is 11.5 Å². The fourth-order valence-electron chi connectivity index (χ4n) is 5.12. The molecule has 0 radical (unpaired) electrons. The number of aromatic nitrogens is 1. The highest BCUT2D eigenvalue weighted by atomic mass is 16.5. The highest BCUT2D eigenvalue weighted by Gasteiger charge is 2.20. The standard InChI is InChI=1S/C38H52N2O4/c1-6-8-10-15-25-40-34-28-32(39-37(41)31-20-13-12-14-21-31)22-23-33(34)35(43-26-16-11-9-7-2)36(38(40)42)44-27-24-30(5)19-17-18-29(3)4/h12-14,18,20-24,28H,6-11,15-17,19,25-27H2,1-5H3,(H,39,41)/b30-24+. The van der Waals surface area contributed by atoms with Crippen molar-refractivity contribution in [3.63, 3.8) is 0 Å². The monoisotopic (exact) mass is 600 g/mol. The Morgan fingerprint density at radius 3 is 2.27 bits per heavy atom. The number of benzene rings is 2. The molecule has 0 spiro atoms. The fourth-order valence-corrected chi connectivity index (χ4v) is 5.12. The molecule has 0 saturated carbocycles. The van der Waals surface area contributed by atoms with Crippen LogP contribution in [0.15, 0.2) is 76.6 Å². The maximum Gasteiger partial charge on any atom is 0.297 e. The van der Waals surface area contributed by atoms with Crippen LogP contribution in [0.2, 0.25) is 0 Å². The number of carbonyl (C=O) groups is 1. The summed E-state index contributed by atoms with van der Waals surface area (Å²) >= 11 is 0. The SMILES string of the molecule is CCCCCCOc1c(OC/C=C(\C)CCC=C(C)C)c(=O)n(CCCCCC)c2cc(NC(=O)c3ccccc3)ccc12. The number of allylic oxidation sites excluding steroid dienone is 3. The largest absolute Gasteiger partial charge is 0.489 e. The Morgan fingerprint density at radius 2 is 1.57 bits per heavy atom. The second kappa shape index (κ2) is 18.8. The molecular formula is C38H52N2O4. The van der Waals surface area contributed by atoms with Crippen LogP contribution in [-0.2, 0) is 6.54 Å². The van der Waals surface area contributed by atoms with Crippen LogP contribution in [0.25, 0.3) is 10.9 Å². The van der Waals surface area contributed by atoms with E-state index in [9.17, 15) is 9.59 Å². The molecule has 1 amide bonds. The summed E-state index contributed by atoms with van der Waals surface area (Å²) in [4.78, 5) is 27.1. The second-order valence-corrected chi connectivity index (χ2v) is 11.8. The van der Waals surface area contributed by atoms with Crippen LogP contribution in [-0.4, -0.2) is 23.7 Å². The predicted octanol–water partition coefficient (Wildman–Crippen LogP) is 9.86. The van der Waals surface area contributed by atoms with E-state index in [1.165, 1.54) is 11.1 Å². The van der Waals surface area contributed by atoms with Crippen LogP contribution in [0, 0.1) is 0 Å². The van der Waals surface area contributed by atoms with Crippen molar-refractivity contribution in [3.05, 3.63) is 87.7 Å². The third kappa shape index (κ3) is 10.7. The quantitative estimate of drug-likeness (QED) is 0.110. The number of rotatable bonds is 19. The molecule has 0 bridgehead atoms. The van der Waals surface area contributed by atoms with E-state index in [0.717, 1.165) is 75.1 Å². The number of anilines is 1. The van der Waals surface area contributed by atoms with Gasteiger partial charge in [-0.3, -0.25) is 9.59 Å². The molecule has 1 N–H and O–H groups in total. The molecule has 1 aromatic heterocycles. The number of hydrogen-bond donors (Lipinski definition) is 1. The lowest BCUT2D eigenvalue weighted by atomic mass is 10.1. The van der Waals surface area contributed by atoms with E-state index in [1.807, 2.05) is 36.4 Å². The molecule has 0 unspecified atom stereocenters. The van der Waals surface area contributed by atoms with Crippen molar-refractivity contribution < 1.29 is 14.3 Å². The van der Waals surface area contributed by atoms with E-state index >= 15 is 0 Å². The van der Waals surface area contributed by atoms with Gasteiger partial charge in [-0.2, -0.15) is 0 Å². The summed E-state index contributed by atoms with van der Waals surface area (Å²) in [6.07, 6.45) is 14.6. The van der Waals surface area contributed by atoms with Crippen LogP contribution in [0.1, 0.15) is 109 Å². The minimum Gasteiger partial charge on any atom is -0.489 e. The highest BCUT2D eigenvalue weighted by molar-refractivity contribution is 6.05. The number of pyridine rings is 1. The Kier molecular flexibility index (Phi) is 14.8. The van der Waals surface area contributed by atoms with E-state index in [0.29, 0.717) is 36.8 Å². The van der Waals surface area contributed by atoms with Crippen molar-refractivity contribution in [1.29, 1.82) is 0 Å². The summed E-state index contributed by atoms with van der Waals surface area (Å²) in [6.45, 7) is 12.1. The molecule has 2 aromatic carbocycles. The second-order valence-electron chi connectivity index (χ2n) is 11.8. The number of unbranched alkanes of at least 4 members (excludes halogenated alkanes) is 6. The number of carbonyl (C=O) groups excluding carboxylic acids is 1. The fraction of sp³-hybridized carbons (Fsp3) is 0.474. The topological polar surface area (TPSA) is 69.6 Å². The van der Waals surface area contributed by atoms with Crippen molar-refractivity contribution in [1.82, 2.24) is 4.57 Å². The van der Waals surface area contributed by atoms with Gasteiger partial charge in [-0.25, -0.2) is 0 Å². The van der Waals surface area contributed by atoms with Crippen molar-refractivity contribution >= 4 is 22.5 Å². The van der Waals surface area contributed by atoms with Crippen molar-refractivity contribution in [2.75, 3.05) is 18.5 Å². The number of ether oxygens (including phenoxy) is 2. The van der Waals surface area contributed by atoms with Gasteiger partial charge >= 0.3 is 0 Å². The first-order chi connectivity index (χ1) is 21.3. The first-order valence-electron chi connectivity index (χ1n) is 16.5. The molecule has 6 nitrogen and oxygen atoms in total. The van der Waals surface area contributed by atoms with Crippen LogP contribution in [0.4, 0.5) is 5.69 Å². The van der Waals surface area contributed by atoms with Gasteiger partial charge < -0.3 is 19.4 Å². The van der Waals surface area contributed by atoms with Crippen LogP contribution in [0.5, 0.6) is 11.5 Å². The zero-order chi connectivity index (χ0) is 31.7. The maximum absolute atomic E-state index is 14.1. The maximum atomic E-state index is 14.1. The molecular weight excluding hydrogens is 548 g/mol. The van der Waals surface area contributed by atoms with Gasteiger partial charge in [0, 0.05) is 23.2 Å². The van der Waals surface area contributed by atoms with E-state index in [-0.39, 0.29) is 17.2 Å². The molecule has 3 rings (SSSR count). The van der Waals surface area contributed by atoms with Gasteiger partial charge in [-0.05, 0) is 82.9 Å². The molecule has 0 saturated heterocycles. The highest BCUT2D eigenvalue weighted by Crippen LogP contribution is 2.35. The normalized spacial score (nSPS) is 11.4. The lowest BCUT2D eigenvalue weighted by Gasteiger charge is -2.19. The summed E-state index contributed by atoms with van der Waals surface area (Å²) < 4.78 is 14.4. The molecule has 0 aliphatic heterocycles. The van der Waals surface area contributed by atoms with Crippen LogP contribution >= 0.6 is 0 Å². The van der Waals surface area contributed by atoms with E-state index in [1.54, 1.807) is 16.7 Å². The van der Waals surface area contributed by atoms with Gasteiger partial charge in [0.2, 0.25) is 5.75 Å². The molecule has 0 aliphatic carbocycles. The van der Waals surface area contributed by atoms with Crippen molar-refractivity contribution in [2.45, 2.75) is 105 Å². The molecule has 6 heteroatoms. The molecule has 44 heavy (non-hydrogen) atoms. The molecule has 1 heterocycles. The Bertz CT molecular complexity index is 1450. The Morgan fingerprint density at radius 1 is 0.841 bits per heavy atom. The first kappa shape index (κ1) is 34.7. The summed E-state index contributed by atoms with van der Waals surface area (Å²) in [7, 11) is 0. The molecule has 3 aromatic rings. The summed E-state index contributed by atoms with van der Waals surface area (Å²) in [5.74, 6) is 0.557. The predicted molar refractivity (Wildman–Crippen MR) is 184 cm³/mol. The third-order valence-corrected chi connectivity index (χ3v) is 7.70. The lowest BCUT2D eigenvalue weighted by Crippen LogP contribution is -2.24. The summed E-state index contributed by atoms with van der Waals surface area (Å²) in [5.41, 5.74) is 4.29. The van der Waals surface area contributed by atoms with Crippen LogP contribution in [0.3, 0.4) is 0 Å². The summed E-state index contributed by atoms with van der Waals surface area (Å²) in [5, 5.41) is 3.82. The lowest BCUT2D eigenvalue weighted by molar-refractivity contribution is 0.102. The van der Waals surface area contributed by atoms with E-state index < -0.39 is 0 Å². The average Bonchev–Trinajstić information content (AvgIpc) is 3.01. The molecule has 0 aliphatic rings. The molecule has 0 fully saturated rings. The zero-order valence-electron chi connectivity index (χ0n) is 27.5. The number of hydrogen-bond acceptors (Lipinski definition) is 4. The summed E-state index contributed by atoms with van der Waals surface area (Å²) in [6, 6.07) is 14.8. The minimum absolute atomic E-state index is 0.194. The minimum atomic E-state index is -0.195. The molecule has 0 atom stereocenters. The Balaban J connectivity index is 2.01. The van der Waals surface area contributed by atoms with Crippen molar-refractivity contribution in [2.24, 2.45) is 0 Å². The number of amides is 1. The van der Waals surface area contributed by atoms with Gasteiger partial charge in [0.15, 0.2) is 5.75 Å². The average molecular weight is 601 g/mol. The van der Waals surface area contributed by atoms with Crippen LogP contribution < -0.4 is 20.3 Å². The van der Waals surface area contributed by atoms with Gasteiger partial charge in [0.05, 0.1) is 12.1 Å². The number of nitrogens with one attached hydrogen (secondary N) is 1. The number of aryl methyl sites for hydroxylation is 1. The van der Waals surface area contributed by atoms with E-state index in [2.05, 4.69) is 52.1 Å². The van der Waals surface area contributed by atoms with Gasteiger partial charge in [-0.1, -0.05) is 87.8 Å². The van der Waals surface area contributed by atoms with Crippen molar-refractivity contribution in [3.8, 4) is 11.5 Å². The smallest absolute Gasteiger partial charge is 0.297 e. The Hall–Kier alpha value is -3.80. The molecule has 238 valence electrons. The first-order valence-corrected chi connectivity index (χ1v) is 16.5. The van der Waals surface area contributed by atoms with Gasteiger partial charge in [0.1, 0.15) is 6.61 Å². The third-order valence-electron chi connectivity index (χ3n) is 7.70. The van der Waals surface area contributed by atoms with Gasteiger partial charge in [-0.15, -0.1) is 0 Å². The van der Waals surface area contributed by atoms with E-state index in [4.69, 9.17) is 9.47 Å².